The number of carbonyl (C=O) groups excluding carboxylic acids is 1. The van der Waals surface area contributed by atoms with Gasteiger partial charge in [-0.25, -0.2) is 4.98 Å². The van der Waals surface area contributed by atoms with E-state index >= 15 is 0 Å². The second-order valence-corrected chi connectivity index (χ2v) is 5.05. The van der Waals surface area contributed by atoms with E-state index in [0.717, 1.165) is 12.8 Å². The molecule has 21 heavy (non-hydrogen) atoms. The van der Waals surface area contributed by atoms with Gasteiger partial charge in [-0.2, -0.15) is 9.97 Å². The number of anilines is 1. The number of aryl methyl sites for hydroxylation is 1. The van der Waals surface area contributed by atoms with E-state index in [4.69, 9.17) is 11.6 Å². The summed E-state index contributed by atoms with van der Waals surface area (Å²) in [4.78, 5) is 24.4. The van der Waals surface area contributed by atoms with Crippen molar-refractivity contribution < 1.29 is 4.79 Å². The lowest BCUT2D eigenvalue weighted by molar-refractivity contribution is -0.124. The van der Waals surface area contributed by atoms with Crippen LogP contribution in [-0.2, 0) is 11.3 Å². The summed E-state index contributed by atoms with van der Waals surface area (Å²) >= 11 is 5.93. The molecule has 2 N–H and O–H groups in total. The van der Waals surface area contributed by atoms with Crippen molar-refractivity contribution in [2.24, 2.45) is 5.92 Å². The molecule has 1 unspecified atom stereocenters. The van der Waals surface area contributed by atoms with Crippen LogP contribution in [0.25, 0.3) is 11.2 Å². The number of hydrogen-bond donors (Lipinski definition) is 2. The summed E-state index contributed by atoms with van der Waals surface area (Å²) in [5.74, 6) is 0.640. The van der Waals surface area contributed by atoms with Crippen LogP contribution in [-0.4, -0.2) is 39.5 Å². The van der Waals surface area contributed by atoms with Crippen molar-refractivity contribution in [3.8, 4) is 0 Å². The molecule has 2 aromatic rings. The first-order chi connectivity index (χ1) is 10.1. The Bertz CT molecular complexity index is 641. The maximum atomic E-state index is 11.7. The summed E-state index contributed by atoms with van der Waals surface area (Å²) in [6, 6.07) is 0. The van der Waals surface area contributed by atoms with Gasteiger partial charge in [0.1, 0.15) is 0 Å². The van der Waals surface area contributed by atoms with Crippen LogP contribution < -0.4 is 10.6 Å². The quantitative estimate of drug-likeness (QED) is 0.793. The van der Waals surface area contributed by atoms with Crippen molar-refractivity contribution >= 4 is 34.5 Å². The Morgan fingerprint density at radius 3 is 2.81 bits per heavy atom. The number of aromatic nitrogens is 4. The van der Waals surface area contributed by atoms with Crippen LogP contribution in [0.2, 0.25) is 5.28 Å². The van der Waals surface area contributed by atoms with Crippen molar-refractivity contribution in [1.82, 2.24) is 24.8 Å². The molecule has 7 nitrogen and oxygen atoms in total. The zero-order valence-corrected chi connectivity index (χ0v) is 13.1. The fourth-order valence-electron chi connectivity index (χ4n) is 2.28. The SMILES string of the molecule is CCC(CCn1cnc2c(NC)nc(Cl)nc21)C(=O)NC. The molecule has 1 amide bonds. The number of carbonyl (C=O) groups is 1. The largest absolute Gasteiger partial charge is 0.371 e. The van der Waals surface area contributed by atoms with Gasteiger partial charge in [-0.15, -0.1) is 0 Å². The molecule has 0 saturated carbocycles. The summed E-state index contributed by atoms with van der Waals surface area (Å²) in [6.07, 6.45) is 3.22. The van der Waals surface area contributed by atoms with Gasteiger partial charge in [-0.05, 0) is 24.4 Å². The van der Waals surface area contributed by atoms with E-state index in [1.165, 1.54) is 0 Å². The number of nitrogens with zero attached hydrogens (tertiary/aromatic N) is 4. The Morgan fingerprint density at radius 2 is 2.19 bits per heavy atom. The average Bonchev–Trinajstić information content (AvgIpc) is 2.89. The van der Waals surface area contributed by atoms with Crippen LogP contribution in [0.15, 0.2) is 6.33 Å². The minimum absolute atomic E-state index is 0.0199. The van der Waals surface area contributed by atoms with E-state index in [0.29, 0.717) is 23.5 Å². The second-order valence-electron chi connectivity index (χ2n) is 4.71. The Morgan fingerprint density at radius 1 is 1.43 bits per heavy atom. The summed E-state index contributed by atoms with van der Waals surface area (Å²) < 4.78 is 1.90. The molecule has 2 rings (SSSR count). The Hall–Kier alpha value is -1.89. The number of halogens is 1. The smallest absolute Gasteiger partial charge is 0.226 e. The highest BCUT2D eigenvalue weighted by atomic mass is 35.5. The third-order valence-electron chi connectivity index (χ3n) is 3.50. The zero-order valence-electron chi connectivity index (χ0n) is 12.4. The summed E-state index contributed by atoms with van der Waals surface area (Å²) in [5.41, 5.74) is 1.35. The molecule has 0 saturated heterocycles. The van der Waals surface area contributed by atoms with Gasteiger partial charge in [0.15, 0.2) is 17.0 Å². The third-order valence-corrected chi connectivity index (χ3v) is 3.67. The third kappa shape index (κ3) is 3.24. The highest BCUT2D eigenvalue weighted by Crippen LogP contribution is 2.21. The number of nitrogens with one attached hydrogen (secondary N) is 2. The number of imidazole rings is 1. The average molecular weight is 311 g/mol. The molecule has 2 heterocycles. The first kappa shape index (κ1) is 15.5. The molecular weight excluding hydrogens is 292 g/mol. The maximum absolute atomic E-state index is 11.7. The van der Waals surface area contributed by atoms with Gasteiger partial charge in [-0.1, -0.05) is 6.92 Å². The number of amides is 1. The summed E-state index contributed by atoms with van der Waals surface area (Å²) in [5, 5.41) is 5.82. The Balaban J connectivity index is 2.23. The van der Waals surface area contributed by atoms with Crippen LogP contribution in [0.3, 0.4) is 0 Å². The molecule has 114 valence electrons. The minimum atomic E-state index is -0.0199. The molecule has 0 fully saturated rings. The molecule has 1 atom stereocenters. The highest BCUT2D eigenvalue weighted by Gasteiger charge is 2.17. The van der Waals surface area contributed by atoms with Crippen molar-refractivity contribution in [2.75, 3.05) is 19.4 Å². The first-order valence-corrected chi connectivity index (χ1v) is 7.26. The van der Waals surface area contributed by atoms with Gasteiger partial charge in [0, 0.05) is 26.6 Å². The van der Waals surface area contributed by atoms with Crippen LogP contribution in [0, 0.1) is 5.92 Å². The molecule has 0 aromatic carbocycles. The van der Waals surface area contributed by atoms with E-state index < -0.39 is 0 Å². The topological polar surface area (TPSA) is 84.7 Å². The first-order valence-electron chi connectivity index (χ1n) is 6.88. The number of hydrogen-bond acceptors (Lipinski definition) is 5. The fourth-order valence-corrected chi connectivity index (χ4v) is 2.44. The molecule has 0 spiro atoms. The van der Waals surface area contributed by atoms with E-state index in [1.54, 1.807) is 20.4 Å². The monoisotopic (exact) mass is 310 g/mol. The Kier molecular flexibility index (Phi) is 4.95. The van der Waals surface area contributed by atoms with E-state index in [1.807, 2.05) is 11.5 Å². The molecule has 0 radical (unpaired) electrons. The lowest BCUT2D eigenvalue weighted by Gasteiger charge is -2.13. The lowest BCUT2D eigenvalue weighted by atomic mass is 10.0. The standard InChI is InChI=1S/C13H19ClN6O/c1-4-8(12(21)16-3)5-6-20-7-17-9-10(15-2)18-13(14)19-11(9)20/h7-8H,4-6H2,1-3H3,(H,16,21)(H,15,18,19). The van der Waals surface area contributed by atoms with Gasteiger partial charge < -0.3 is 15.2 Å². The Labute approximate surface area is 128 Å². The number of fused-ring (bicyclic) bond motifs is 1. The van der Waals surface area contributed by atoms with Gasteiger partial charge in [0.25, 0.3) is 0 Å². The lowest BCUT2D eigenvalue weighted by Crippen LogP contribution is -2.27. The summed E-state index contributed by atoms with van der Waals surface area (Å²) in [7, 11) is 3.42. The van der Waals surface area contributed by atoms with Crippen molar-refractivity contribution in [3.63, 3.8) is 0 Å². The molecule has 2 aromatic heterocycles. The summed E-state index contributed by atoms with van der Waals surface area (Å²) in [6.45, 7) is 2.66. The molecule has 0 aliphatic heterocycles. The predicted molar refractivity (Wildman–Crippen MR) is 82.3 cm³/mol. The van der Waals surface area contributed by atoms with Crippen molar-refractivity contribution in [2.45, 2.75) is 26.3 Å². The fraction of sp³-hybridized carbons (Fsp3) is 0.538. The molecule has 0 aliphatic rings. The van der Waals surface area contributed by atoms with Crippen LogP contribution >= 0.6 is 11.6 Å². The number of rotatable bonds is 6. The van der Waals surface area contributed by atoms with Gasteiger partial charge in [0.05, 0.1) is 6.33 Å². The van der Waals surface area contributed by atoms with Gasteiger partial charge >= 0.3 is 0 Å². The van der Waals surface area contributed by atoms with E-state index in [-0.39, 0.29) is 17.1 Å². The molecule has 0 bridgehead atoms. The molecule has 0 aliphatic carbocycles. The maximum Gasteiger partial charge on any atom is 0.226 e. The highest BCUT2D eigenvalue weighted by molar-refractivity contribution is 6.28. The molecular formula is C13H19ClN6O. The molecule has 8 heteroatoms. The predicted octanol–water partition coefficient (Wildman–Crippen LogP) is 1.68. The van der Waals surface area contributed by atoms with Crippen molar-refractivity contribution in [3.05, 3.63) is 11.6 Å². The van der Waals surface area contributed by atoms with Gasteiger partial charge in [-0.3, -0.25) is 4.79 Å². The van der Waals surface area contributed by atoms with Crippen LogP contribution in [0.1, 0.15) is 19.8 Å². The zero-order chi connectivity index (χ0) is 15.4. The van der Waals surface area contributed by atoms with Crippen LogP contribution in [0.5, 0.6) is 0 Å². The van der Waals surface area contributed by atoms with Gasteiger partial charge in [0.2, 0.25) is 11.2 Å². The second kappa shape index (κ2) is 6.71. The van der Waals surface area contributed by atoms with E-state index in [9.17, 15) is 4.79 Å². The normalized spacial score (nSPS) is 12.4. The minimum Gasteiger partial charge on any atom is -0.371 e. The van der Waals surface area contributed by atoms with Crippen LogP contribution in [0.4, 0.5) is 5.82 Å². The van der Waals surface area contributed by atoms with Crippen molar-refractivity contribution in [1.29, 1.82) is 0 Å². The van der Waals surface area contributed by atoms with E-state index in [2.05, 4.69) is 25.6 Å².